The van der Waals surface area contributed by atoms with Gasteiger partial charge < -0.3 is 0 Å². The largest absolute Gasteiger partial charge is 0.219 e. The van der Waals surface area contributed by atoms with E-state index in [4.69, 9.17) is 0 Å². The van der Waals surface area contributed by atoms with E-state index in [1.165, 1.54) is 0 Å². The predicted molar refractivity (Wildman–Crippen MR) is 134 cm³/mol. The molecule has 4 aromatic rings. The van der Waals surface area contributed by atoms with Crippen LogP contribution < -0.4 is 15.9 Å². The van der Waals surface area contributed by atoms with Crippen molar-refractivity contribution in [1.29, 1.82) is 0 Å². The minimum atomic E-state index is -3.69. The third-order valence-corrected chi connectivity index (χ3v) is 13.1. The van der Waals surface area contributed by atoms with Crippen LogP contribution in [-0.4, -0.2) is 13.0 Å². The molecular formula is C27H25O2PS. The molecule has 0 unspecified atom stereocenters. The number of hydrogen-bond acceptors (Lipinski definition) is 2. The molecule has 0 aliphatic heterocycles. The Morgan fingerprint density at radius 2 is 0.903 bits per heavy atom. The van der Waals surface area contributed by atoms with E-state index in [1.807, 2.05) is 67.6 Å². The first-order valence-corrected chi connectivity index (χ1v) is 13.6. The molecule has 0 spiro atoms. The maximum atomic E-state index is 14.1. The van der Waals surface area contributed by atoms with Crippen LogP contribution in [0.1, 0.15) is 13.3 Å². The molecule has 156 valence electrons. The summed E-state index contributed by atoms with van der Waals surface area (Å²) in [5, 5.41) is 3.14. The van der Waals surface area contributed by atoms with Gasteiger partial charge in [0.1, 0.15) is 0 Å². The van der Waals surface area contributed by atoms with Gasteiger partial charge in [-0.05, 0) is 41.4 Å². The highest BCUT2D eigenvalue weighted by molar-refractivity contribution is 8.20. The Morgan fingerprint density at radius 3 is 1.23 bits per heavy atom. The third kappa shape index (κ3) is 3.80. The van der Waals surface area contributed by atoms with E-state index in [0.717, 1.165) is 15.9 Å². The molecule has 0 amide bonds. The predicted octanol–water partition coefficient (Wildman–Crippen LogP) is 4.99. The molecule has 2 nitrogen and oxygen atoms in total. The van der Waals surface area contributed by atoms with Gasteiger partial charge in [0.2, 0.25) is 9.84 Å². The van der Waals surface area contributed by atoms with Gasteiger partial charge in [0, 0.05) is 0 Å². The van der Waals surface area contributed by atoms with E-state index >= 15 is 0 Å². The summed E-state index contributed by atoms with van der Waals surface area (Å²) >= 11 is 0. The second kappa shape index (κ2) is 9.09. The van der Waals surface area contributed by atoms with Crippen molar-refractivity contribution >= 4 is 37.3 Å². The van der Waals surface area contributed by atoms with Crippen molar-refractivity contribution in [3.8, 4) is 0 Å². The summed E-state index contributed by atoms with van der Waals surface area (Å²) in [6.45, 7) is -0.664. The van der Waals surface area contributed by atoms with Gasteiger partial charge >= 0.3 is 0 Å². The summed E-state index contributed by atoms with van der Waals surface area (Å²) in [6.07, 6.45) is 0.434. The SMILES string of the molecule is CCC(=P(c1ccccc1)(c1ccccc1)c1ccccc1)S(=O)(=O)c1ccccc1. The summed E-state index contributed by atoms with van der Waals surface area (Å²) in [4.78, 5) is 0.346. The van der Waals surface area contributed by atoms with Gasteiger partial charge in [0.05, 0.1) is 9.52 Å². The molecule has 0 atom stereocenters. The average molecular weight is 445 g/mol. The molecule has 0 N–H and O–H groups in total. The second-order valence-electron chi connectivity index (χ2n) is 7.24. The van der Waals surface area contributed by atoms with Crippen molar-refractivity contribution < 1.29 is 8.42 Å². The molecule has 0 aliphatic rings. The molecule has 0 fully saturated rings. The minimum absolute atomic E-state index is 0.346. The van der Waals surface area contributed by atoms with E-state index in [-0.39, 0.29) is 0 Å². The molecule has 0 saturated carbocycles. The summed E-state index contributed by atoms with van der Waals surface area (Å²) < 4.78 is 28.8. The average Bonchev–Trinajstić information content (AvgIpc) is 2.84. The first-order chi connectivity index (χ1) is 15.1. The van der Waals surface area contributed by atoms with E-state index in [9.17, 15) is 8.42 Å². The fraction of sp³-hybridized carbons (Fsp3) is 0.0741. The molecule has 31 heavy (non-hydrogen) atoms. The zero-order valence-corrected chi connectivity index (χ0v) is 19.1. The van der Waals surface area contributed by atoms with Crippen LogP contribution in [-0.2, 0) is 9.84 Å². The maximum absolute atomic E-state index is 14.1. The van der Waals surface area contributed by atoms with Crippen LogP contribution in [0.5, 0.6) is 0 Å². The van der Waals surface area contributed by atoms with Crippen molar-refractivity contribution in [2.75, 3.05) is 0 Å². The minimum Gasteiger partial charge on any atom is -0.219 e. The molecule has 0 bridgehead atoms. The molecular weight excluding hydrogens is 419 g/mol. The van der Waals surface area contributed by atoms with E-state index in [0.29, 0.717) is 15.9 Å². The lowest BCUT2D eigenvalue weighted by atomic mass is 10.4. The van der Waals surface area contributed by atoms with Crippen molar-refractivity contribution in [2.24, 2.45) is 0 Å². The quantitative estimate of drug-likeness (QED) is 0.393. The maximum Gasteiger partial charge on any atom is 0.203 e. The van der Waals surface area contributed by atoms with E-state index in [1.54, 1.807) is 24.3 Å². The Balaban J connectivity index is 2.27. The normalized spacial score (nSPS) is 11.8. The summed E-state index contributed by atoms with van der Waals surface area (Å²) in [5.41, 5.74) is 0. The number of hydrogen-bond donors (Lipinski definition) is 0. The van der Waals surface area contributed by atoms with Crippen molar-refractivity contribution in [3.05, 3.63) is 121 Å². The molecule has 0 aromatic heterocycles. The fourth-order valence-corrected chi connectivity index (χ4v) is 12.1. The summed E-state index contributed by atoms with van der Waals surface area (Å²) in [5.74, 6) is 0. The van der Waals surface area contributed by atoms with E-state index < -0.39 is 16.7 Å². The Kier molecular flexibility index (Phi) is 6.27. The van der Waals surface area contributed by atoms with Crippen LogP contribution in [0.4, 0.5) is 0 Å². The lowest BCUT2D eigenvalue weighted by Crippen LogP contribution is -2.33. The zero-order chi connectivity index (χ0) is 21.7. The fourth-order valence-electron chi connectivity index (χ4n) is 4.18. The lowest BCUT2D eigenvalue weighted by Gasteiger charge is -2.32. The first kappa shape index (κ1) is 21.4. The Bertz CT molecular complexity index is 1200. The number of rotatable bonds is 6. The molecule has 4 aromatic carbocycles. The van der Waals surface area contributed by atoms with Crippen molar-refractivity contribution in [1.82, 2.24) is 0 Å². The number of sulfone groups is 1. The van der Waals surface area contributed by atoms with Crippen molar-refractivity contribution in [3.63, 3.8) is 0 Å². The van der Waals surface area contributed by atoms with Gasteiger partial charge in [0.25, 0.3) is 0 Å². The standard InChI is InChI=1S/C27H25O2PS/c1-2-27(31(28,29)26-21-13-6-14-22-26)30(23-15-7-3-8-16-23,24-17-9-4-10-18-24)25-19-11-5-12-20-25/h3-22H,2H2,1H3. The Morgan fingerprint density at radius 1 is 0.581 bits per heavy atom. The van der Waals surface area contributed by atoms with Crippen LogP contribution in [0.25, 0.3) is 0 Å². The third-order valence-electron chi connectivity index (χ3n) is 5.47. The van der Waals surface area contributed by atoms with Gasteiger partial charge in [-0.25, -0.2) is 8.42 Å². The monoisotopic (exact) mass is 444 g/mol. The van der Waals surface area contributed by atoms with Gasteiger partial charge in [0.15, 0.2) is 0 Å². The van der Waals surface area contributed by atoms with Crippen LogP contribution in [0, 0.1) is 0 Å². The molecule has 0 aliphatic carbocycles. The highest BCUT2D eigenvalue weighted by atomic mass is 32.2. The zero-order valence-electron chi connectivity index (χ0n) is 17.4. The van der Waals surface area contributed by atoms with Gasteiger partial charge in [-0.3, -0.25) is 0 Å². The first-order valence-electron chi connectivity index (χ1n) is 10.3. The smallest absolute Gasteiger partial charge is 0.203 e. The summed E-state index contributed by atoms with van der Waals surface area (Å²) in [7, 11) is -3.69. The van der Waals surface area contributed by atoms with Gasteiger partial charge in [-0.2, -0.15) is 0 Å². The number of benzene rings is 4. The van der Waals surface area contributed by atoms with Crippen molar-refractivity contribution in [2.45, 2.75) is 18.2 Å². The van der Waals surface area contributed by atoms with Gasteiger partial charge in [-0.1, -0.05) is 116 Å². The van der Waals surface area contributed by atoms with Crippen LogP contribution in [0.15, 0.2) is 126 Å². The Hall–Kier alpha value is -2.87. The van der Waals surface area contributed by atoms with Crippen LogP contribution >= 0.6 is 6.89 Å². The molecule has 0 radical (unpaired) electrons. The van der Waals surface area contributed by atoms with Crippen LogP contribution in [0.2, 0.25) is 0 Å². The molecule has 0 heterocycles. The lowest BCUT2D eigenvalue weighted by molar-refractivity contribution is 0.607. The molecule has 4 rings (SSSR count). The highest BCUT2D eigenvalue weighted by Gasteiger charge is 2.35. The summed E-state index contributed by atoms with van der Waals surface area (Å²) in [6, 6.07) is 39.2. The second-order valence-corrected chi connectivity index (χ2v) is 12.9. The topological polar surface area (TPSA) is 34.1 Å². The highest BCUT2D eigenvalue weighted by Crippen LogP contribution is 2.48. The Labute approximate surface area is 185 Å². The van der Waals surface area contributed by atoms with E-state index in [2.05, 4.69) is 36.4 Å². The van der Waals surface area contributed by atoms with Gasteiger partial charge in [-0.15, -0.1) is 0 Å². The molecule has 0 saturated heterocycles. The molecule has 4 heteroatoms. The van der Waals surface area contributed by atoms with Crippen LogP contribution in [0.3, 0.4) is 0 Å².